The van der Waals surface area contributed by atoms with Gasteiger partial charge in [-0.15, -0.1) is 0 Å². The lowest BCUT2D eigenvalue weighted by atomic mass is 10.0. The van der Waals surface area contributed by atoms with E-state index in [2.05, 4.69) is 4.90 Å². The molecule has 1 rings (SSSR count). The Bertz CT molecular complexity index is 399. The molecule has 0 aromatic heterocycles. The van der Waals surface area contributed by atoms with Crippen LogP contribution < -0.4 is 10.6 Å². The third kappa shape index (κ3) is 4.74. The number of hydrogen-bond donors (Lipinski definition) is 1. The zero-order valence-corrected chi connectivity index (χ0v) is 12.6. The van der Waals surface area contributed by atoms with Crippen molar-refractivity contribution in [1.29, 1.82) is 0 Å². The summed E-state index contributed by atoms with van der Waals surface area (Å²) in [4.78, 5) is 2.10. The normalized spacial score (nSPS) is 12.4. The number of nitrogens with two attached hydrogens (primary N) is 1. The van der Waals surface area contributed by atoms with E-state index in [0.29, 0.717) is 25.3 Å². The molecule has 1 aromatic carbocycles. The summed E-state index contributed by atoms with van der Waals surface area (Å²) in [6, 6.07) is 4.72. The first-order valence-electron chi connectivity index (χ1n) is 6.88. The summed E-state index contributed by atoms with van der Waals surface area (Å²) < 4.78 is 24.2. The summed E-state index contributed by atoms with van der Waals surface area (Å²) in [6.07, 6.45) is 0.870. The second kappa shape index (κ2) is 8.89. The first-order valence-corrected chi connectivity index (χ1v) is 6.88. The van der Waals surface area contributed by atoms with Crippen LogP contribution >= 0.6 is 0 Å². The average Bonchev–Trinajstić information content (AvgIpc) is 2.42. The number of benzene rings is 1. The maximum absolute atomic E-state index is 14.0. The van der Waals surface area contributed by atoms with Gasteiger partial charge in [0.2, 0.25) is 0 Å². The van der Waals surface area contributed by atoms with Gasteiger partial charge in [-0.25, -0.2) is 4.39 Å². The van der Waals surface area contributed by atoms with Gasteiger partial charge in [-0.3, -0.25) is 0 Å². The maximum Gasteiger partial charge on any atom is 0.130 e. The van der Waals surface area contributed by atoms with Gasteiger partial charge >= 0.3 is 0 Å². The van der Waals surface area contributed by atoms with Crippen LogP contribution in [0.4, 0.5) is 10.1 Å². The van der Waals surface area contributed by atoms with Crippen molar-refractivity contribution in [3.8, 4) is 0 Å². The topological polar surface area (TPSA) is 47.7 Å². The highest BCUT2D eigenvalue weighted by molar-refractivity contribution is 5.55. The fourth-order valence-electron chi connectivity index (χ4n) is 2.21. The molecule has 0 fully saturated rings. The number of halogens is 1. The molecule has 20 heavy (non-hydrogen) atoms. The van der Waals surface area contributed by atoms with E-state index in [-0.39, 0.29) is 11.9 Å². The van der Waals surface area contributed by atoms with E-state index >= 15 is 0 Å². The molecule has 0 aliphatic heterocycles. The monoisotopic (exact) mass is 284 g/mol. The van der Waals surface area contributed by atoms with E-state index in [9.17, 15) is 4.39 Å². The molecule has 1 aromatic rings. The Morgan fingerprint density at radius 1 is 1.20 bits per heavy atom. The second-order valence-electron chi connectivity index (χ2n) is 4.79. The first-order chi connectivity index (χ1) is 9.61. The Kier molecular flexibility index (Phi) is 7.51. The van der Waals surface area contributed by atoms with Gasteiger partial charge in [0.25, 0.3) is 0 Å². The number of ether oxygens (including phenoxy) is 2. The van der Waals surface area contributed by atoms with Gasteiger partial charge in [0.05, 0.1) is 6.61 Å². The van der Waals surface area contributed by atoms with Crippen molar-refractivity contribution in [2.24, 2.45) is 5.73 Å². The highest BCUT2D eigenvalue weighted by Gasteiger charge is 2.17. The fraction of sp³-hybridized carbons (Fsp3) is 0.600. The fourth-order valence-corrected chi connectivity index (χ4v) is 2.21. The lowest BCUT2D eigenvalue weighted by molar-refractivity contribution is 0.191. The predicted molar refractivity (Wildman–Crippen MR) is 79.6 cm³/mol. The minimum Gasteiger partial charge on any atom is -0.385 e. The summed E-state index contributed by atoms with van der Waals surface area (Å²) in [6.45, 7) is 4.53. The zero-order valence-electron chi connectivity index (χ0n) is 12.6. The summed E-state index contributed by atoms with van der Waals surface area (Å²) in [5.74, 6) is -0.258. The molecule has 5 heteroatoms. The SMILES string of the molecule is COCCCN(CCOC)c1cccc(F)c1[C@@H](C)N. The molecule has 0 aliphatic rings. The van der Waals surface area contributed by atoms with Crippen LogP contribution in [0.3, 0.4) is 0 Å². The average molecular weight is 284 g/mol. The molecule has 0 spiro atoms. The standard InChI is InChI=1S/C15H25FN2O2/c1-12(17)15-13(16)6-4-7-14(15)18(9-11-20-3)8-5-10-19-2/h4,6-7,12H,5,8-11,17H2,1-3H3/t12-/m1/s1. The van der Waals surface area contributed by atoms with Crippen molar-refractivity contribution in [3.63, 3.8) is 0 Å². The van der Waals surface area contributed by atoms with Crippen molar-refractivity contribution in [3.05, 3.63) is 29.6 Å². The Morgan fingerprint density at radius 3 is 2.50 bits per heavy atom. The summed E-state index contributed by atoms with van der Waals surface area (Å²) in [5, 5.41) is 0. The lowest BCUT2D eigenvalue weighted by Crippen LogP contribution is -2.31. The molecule has 114 valence electrons. The van der Waals surface area contributed by atoms with Crippen LogP contribution in [0.2, 0.25) is 0 Å². The Labute approximate surface area is 120 Å². The number of nitrogens with zero attached hydrogens (tertiary/aromatic N) is 1. The molecular formula is C15H25FN2O2. The molecule has 0 unspecified atom stereocenters. The molecule has 4 nitrogen and oxygen atoms in total. The first kappa shape index (κ1) is 16.9. The summed E-state index contributed by atoms with van der Waals surface area (Å²) in [7, 11) is 3.33. The molecule has 0 amide bonds. The molecule has 2 N–H and O–H groups in total. The third-order valence-electron chi connectivity index (χ3n) is 3.17. The van der Waals surface area contributed by atoms with Gasteiger partial charge in [-0.05, 0) is 25.5 Å². The molecule has 0 radical (unpaired) electrons. The Balaban J connectivity index is 2.96. The van der Waals surface area contributed by atoms with Crippen LogP contribution in [0, 0.1) is 5.82 Å². The van der Waals surface area contributed by atoms with Crippen LogP contribution in [0.15, 0.2) is 18.2 Å². The van der Waals surface area contributed by atoms with Crippen LogP contribution in [0.25, 0.3) is 0 Å². The van der Waals surface area contributed by atoms with E-state index in [0.717, 1.165) is 18.7 Å². The van der Waals surface area contributed by atoms with E-state index in [1.165, 1.54) is 6.07 Å². The predicted octanol–water partition coefficient (Wildman–Crippen LogP) is 2.33. The van der Waals surface area contributed by atoms with Gasteiger partial charge < -0.3 is 20.1 Å². The molecule has 0 saturated carbocycles. The van der Waals surface area contributed by atoms with E-state index in [1.54, 1.807) is 27.2 Å². The largest absolute Gasteiger partial charge is 0.385 e. The summed E-state index contributed by atoms with van der Waals surface area (Å²) >= 11 is 0. The smallest absolute Gasteiger partial charge is 0.130 e. The van der Waals surface area contributed by atoms with Crippen molar-refractivity contribution in [2.45, 2.75) is 19.4 Å². The Morgan fingerprint density at radius 2 is 1.90 bits per heavy atom. The van der Waals surface area contributed by atoms with Crippen LogP contribution in [-0.4, -0.2) is 40.5 Å². The van der Waals surface area contributed by atoms with Crippen molar-refractivity contribution < 1.29 is 13.9 Å². The number of methoxy groups -OCH3 is 2. The minimum atomic E-state index is -0.348. The maximum atomic E-state index is 14.0. The zero-order chi connectivity index (χ0) is 15.0. The highest BCUT2D eigenvalue weighted by Crippen LogP contribution is 2.28. The molecule has 0 heterocycles. The van der Waals surface area contributed by atoms with Crippen LogP contribution in [0.1, 0.15) is 24.9 Å². The van der Waals surface area contributed by atoms with Crippen molar-refractivity contribution in [2.75, 3.05) is 45.4 Å². The summed E-state index contributed by atoms with van der Waals surface area (Å²) in [5.41, 5.74) is 7.31. The molecule has 1 atom stereocenters. The van der Waals surface area contributed by atoms with E-state index < -0.39 is 0 Å². The number of hydrogen-bond acceptors (Lipinski definition) is 4. The molecule has 0 aliphatic carbocycles. The quantitative estimate of drug-likeness (QED) is 0.707. The second-order valence-corrected chi connectivity index (χ2v) is 4.79. The highest BCUT2D eigenvalue weighted by atomic mass is 19.1. The lowest BCUT2D eigenvalue weighted by Gasteiger charge is -2.28. The molecule has 0 bridgehead atoms. The van der Waals surface area contributed by atoms with Crippen LogP contribution in [0.5, 0.6) is 0 Å². The number of rotatable bonds is 9. The Hall–Kier alpha value is -1.17. The minimum absolute atomic E-state index is 0.258. The number of anilines is 1. The van der Waals surface area contributed by atoms with Crippen molar-refractivity contribution >= 4 is 5.69 Å². The van der Waals surface area contributed by atoms with Crippen molar-refractivity contribution in [1.82, 2.24) is 0 Å². The van der Waals surface area contributed by atoms with Crippen LogP contribution in [-0.2, 0) is 9.47 Å². The van der Waals surface area contributed by atoms with Gasteiger partial charge in [-0.1, -0.05) is 6.07 Å². The molecular weight excluding hydrogens is 259 g/mol. The van der Waals surface area contributed by atoms with Gasteiger partial charge in [0.1, 0.15) is 5.82 Å². The van der Waals surface area contributed by atoms with Gasteiger partial charge in [0, 0.05) is 51.2 Å². The van der Waals surface area contributed by atoms with Gasteiger partial charge in [-0.2, -0.15) is 0 Å². The van der Waals surface area contributed by atoms with Gasteiger partial charge in [0.15, 0.2) is 0 Å². The van der Waals surface area contributed by atoms with E-state index in [1.807, 2.05) is 6.07 Å². The van der Waals surface area contributed by atoms with E-state index in [4.69, 9.17) is 15.2 Å². The molecule has 0 saturated heterocycles. The third-order valence-corrected chi connectivity index (χ3v) is 3.17.